The number of carbonyl (C=O) groups is 1. The number of carbonyl (C=O) groups excluding carboxylic acids is 1. The molecule has 1 aromatic carbocycles. The minimum absolute atomic E-state index is 0.194. The van der Waals surface area contributed by atoms with Crippen molar-refractivity contribution in [1.82, 2.24) is 24.8 Å². The summed E-state index contributed by atoms with van der Waals surface area (Å²) in [5.74, 6) is -0.672. The quantitative estimate of drug-likeness (QED) is 0.546. The van der Waals surface area contributed by atoms with Crippen molar-refractivity contribution in [2.75, 3.05) is 0 Å². The van der Waals surface area contributed by atoms with Gasteiger partial charge in [-0.05, 0) is 31.2 Å². The van der Waals surface area contributed by atoms with E-state index in [-0.39, 0.29) is 11.1 Å². The number of nitrogens with zero attached hydrogens (tertiary/aromatic N) is 4. The lowest BCUT2D eigenvalue weighted by atomic mass is 10.1. The Kier molecular flexibility index (Phi) is 3.90. The molecule has 2 aromatic heterocycles. The number of hydroxylamine groups is 1. The van der Waals surface area contributed by atoms with Crippen LogP contribution in [0.1, 0.15) is 16.1 Å². The Bertz CT molecular complexity index is 928. The average Bonchev–Trinajstić information content (AvgIpc) is 2.99. The summed E-state index contributed by atoms with van der Waals surface area (Å²) in [6.45, 7) is 2.85. The van der Waals surface area contributed by atoms with Crippen LogP contribution in [-0.2, 0) is 13.1 Å². The molecule has 0 aliphatic rings. The summed E-state index contributed by atoms with van der Waals surface area (Å²) in [5.41, 5.74) is 2.91. The normalized spacial score (nSPS) is 10.9. The molecule has 0 unspecified atom stereocenters. The van der Waals surface area contributed by atoms with E-state index in [1.807, 2.05) is 19.2 Å². The minimum atomic E-state index is -0.672. The third kappa shape index (κ3) is 2.97. The molecular formula is C15H15N5O3. The second-order valence-electron chi connectivity index (χ2n) is 5.14. The van der Waals surface area contributed by atoms with Crippen molar-refractivity contribution in [3.05, 3.63) is 58.4 Å². The Balaban J connectivity index is 1.93. The Morgan fingerprint density at radius 2 is 2.13 bits per heavy atom. The van der Waals surface area contributed by atoms with Crippen molar-refractivity contribution in [2.45, 2.75) is 20.0 Å². The SMILES string of the molecule is Cc1ccn(CCn2cnc3ccc(C(=O)NO)cc3c2=O)n1. The minimum Gasteiger partial charge on any atom is -0.297 e. The van der Waals surface area contributed by atoms with Gasteiger partial charge in [0.1, 0.15) is 0 Å². The number of rotatable bonds is 4. The predicted octanol–water partition coefficient (Wildman–Crippen LogP) is 0.721. The van der Waals surface area contributed by atoms with Gasteiger partial charge in [-0.15, -0.1) is 0 Å². The highest BCUT2D eigenvalue weighted by molar-refractivity contribution is 5.97. The van der Waals surface area contributed by atoms with Crippen LogP contribution in [0.4, 0.5) is 0 Å². The van der Waals surface area contributed by atoms with E-state index >= 15 is 0 Å². The monoisotopic (exact) mass is 313 g/mol. The molecule has 0 saturated carbocycles. The lowest BCUT2D eigenvalue weighted by Gasteiger charge is -2.07. The third-order valence-corrected chi connectivity index (χ3v) is 3.53. The molecule has 0 bridgehead atoms. The van der Waals surface area contributed by atoms with Gasteiger partial charge in [-0.1, -0.05) is 0 Å². The first-order valence-corrected chi connectivity index (χ1v) is 7.02. The maximum Gasteiger partial charge on any atom is 0.274 e. The smallest absolute Gasteiger partial charge is 0.274 e. The second kappa shape index (κ2) is 6.01. The van der Waals surface area contributed by atoms with E-state index < -0.39 is 5.91 Å². The Hall–Kier alpha value is -3.00. The molecule has 0 saturated heterocycles. The van der Waals surface area contributed by atoms with Gasteiger partial charge in [-0.25, -0.2) is 10.5 Å². The Labute approximate surface area is 131 Å². The summed E-state index contributed by atoms with van der Waals surface area (Å²) in [7, 11) is 0. The number of amides is 1. The molecule has 0 aliphatic heterocycles. The average molecular weight is 313 g/mol. The second-order valence-corrected chi connectivity index (χ2v) is 5.14. The molecule has 3 rings (SSSR count). The molecule has 0 atom stereocenters. The van der Waals surface area contributed by atoms with Crippen LogP contribution in [0.25, 0.3) is 10.9 Å². The van der Waals surface area contributed by atoms with Gasteiger partial charge in [0, 0.05) is 18.3 Å². The molecule has 0 spiro atoms. The fourth-order valence-electron chi connectivity index (χ4n) is 2.32. The van der Waals surface area contributed by atoms with Crippen molar-refractivity contribution >= 4 is 16.8 Å². The molecule has 3 aromatic rings. The predicted molar refractivity (Wildman–Crippen MR) is 82.2 cm³/mol. The molecule has 0 fully saturated rings. The van der Waals surface area contributed by atoms with E-state index in [4.69, 9.17) is 5.21 Å². The maximum absolute atomic E-state index is 12.5. The zero-order valence-corrected chi connectivity index (χ0v) is 12.4. The van der Waals surface area contributed by atoms with Gasteiger partial charge in [0.2, 0.25) is 0 Å². The van der Waals surface area contributed by atoms with Crippen LogP contribution in [0.5, 0.6) is 0 Å². The molecule has 2 heterocycles. The summed E-state index contributed by atoms with van der Waals surface area (Å²) in [6, 6.07) is 6.38. The molecule has 2 N–H and O–H groups in total. The van der Waals surface area contributed by atoms with Crippen LogP contribution in [0.3, 0.4) is 0 Å². The number of aryl methyl sites for hydroxylation is 3. The van der Waals surface area contributed by atoms with E-state index in [1.54, 1.807) is 16.2 Å². The van der Waals surface area contributed by atoms with E-state index in [2.05, 4.69) is 10.1 Å². The fourth-order valence-corrected chi connectivity index (χ4v) is 2.32. The van der Waals surface area contributed by atoms with Crippen LogP contribution < -0.4 is 11.0 Å². The number of hydrogen-bond donors (Lipinski definition) is 2. The molecule has 0 radical (unpaired) electrons. The summed E-state index contributed by atoms with van der Waals surface area (Å²) in [5, 5.41) is 13.3. The van der Waals surface area contributed by atoms with Gasteiger partial charge in [0.15, 0.2) is 0 Å². The summed E-state index contributed by atoms with van der Waals surface area (Å²) >= 11 is 0. The molecule has 0 aliphatic carbocycles. The van der Waals surface area contributed by atoms with E-state index in [1.165, 1.54) is 23.0 Å². The van der Waals surface area contributed by atoms with Gasteiger partial charge in [-0.2, -0.15) is 5.10 Å². The number of fused-ring (bicyclic) bond motifs is 1. The van der Waals surface area contributed by atoms with Gasteiger partial charge in [0.05, 0.1) is 29.5 Å². The number of aromatic nitrogens is 4. The first-order chi connectivity index (χ1) is 11.1. The standard InChI is InChI=1S/C15H15N5O3/c1-10-4-5-20(17-10)7-6-19-9-16-13-3-2-11(14(21)18-23)8-12(13)15(19)22/h2-5,8-9,23H,6-7H2,1H3,(H,18,21). The third-order valence-electron chi connectivity index (χ3n) is 3.53. The van der Waals surface area contributed by atoms with Gasteiger partial charge >= 0.3 is 0 Å². The van der Waals surface area contributed by atoms with E-state index in [9.17, 15) is 9.59 Å². The lowest BCUT2D eigenvalue weighted by molar-refractivity contribution is 0.0706. The van der Waals surface area contributed by atoms with Crippen molar-refractivity contribution < 1.29 is 10.0 Å². The first kappa shape index (κ1) is 14.9. The van der Waals surface area contributed by atoms with Gasteiger partial charge in [0.25, 0.3) is 11.5 Å². The number of hydrogen-bond acceptors (Lipinski definition) is 5. The van der Waals surface area contributed by atoms with Crippen LogP contribution in [0.15, 0.2) is 41.6 Å². The highest BCUT2D eigenvalue weighted by Crippen LogP contribution is 2.10. The molecule has 118 valence electrons. The Morgan fingerprint density at radius 1 is 1.30 bits per heavy atom. The topological polar surface area (TPSA) is 102 Å². The largest absolute Gasteiger partial charge is 0.297 e. The number of benzene rings is 1. The van der Waals surface area contributed by atoms with E-state index in [0.717, 1.165) is 5.69 Å². The van der Waals surface area contributed by atoms with Crippen molar-refractivity contribution in [2.24, 2.45) is 0 Å². The first-order valence-electron chi connectivity index (χ1n) is 7.02. The zero-order chi connectivity index (χ0) is 16.4. The highest BCUT2D eigenvalue weighted by atomic mass is 16.5. The van der Waals surface area contributed by atoms with Crippen molar-refractivity contribution in [3.8, 4) is 0 Å². The van der Waals surface area contributed by atoms with Crippen LogP contribution >= 0.6 is 0 Å². The van der Waals surface area contributed by atoms with Crippen LogP contribution in [0.2, 0.25) is 0 Å². The molecule has 8 heteroatoms. The highest BCUT2D eigenvalue weighted by Gasteiger charge is 2.09. The zero-order valence-electron chi connectivity index (χ0n) is 12.4. The van der Waals surface area contributed by atoms with Crippen LogP contribution in [-0.4, -0.2) is 30.4 Å². The summed E-state index contributed by atoms with van der Waals surface area (Å²) < 4.78 is 3.22. The molecule has 8 nitrogen and oxygen atoms in total. The molecular weight excluding hydrogens is 298 g/mol. The van der Waals surface area contributed by atoms with Crippen molar-refractivity contribution in [3.63, 3.8) is 0 Å². The Morgan fingerprint density at radius 3 is 2.83 bits per heavy atom. The number of nitrogens with one attached hydrogen (secondary N) is 1. The van der Waals surface area contributed by atoms with Crippen molar-refractivity contribution in [1.29, 1.82) is 0 Å². The fraction of sp³-hybridized carbons (Fsp3) is 0.200. The van der Waals surface area contributed by atoms with Crippen LogP contribution in [0, 0.1) is 6.92 Å². The molecule has 23 heavy (non-hydrogen) atoms. The molecule has 1 amide bonds. The lowest BCUT2D eigenvalue weighted by Crippen LogP contribution is -2.24. The van der Waals surface area contributed by atoms with Gasteiger partial charge in [-0.3, -0.25) is 24.0 Å². The van der Waals surface area contributed by atoms with E-state index in [0.29, 0.717) is 24.0 Å². The summed E-state index contributed by atoms with van der Waals surface area (Å²) in [4.78, 5) is 28.2. The maximum atomic E-state index is 12.5. The van der Waals surface area contributed by atoms with Gasteiger partial charge < -0.3 is 0 Å². The summed E-state index contributed by atoms with van der Waals surface area (Å²) in [6.07, 6.45) is 3.32.